The normalized spacial score (nSPS) is 18.9. The maximum atomic E-state index is 9.39. The van der Waals surface area contributed by atoms with Crippen LogP contribution in [0, 0.1) is 45.3 Å². The van der Waals surface area contributed by atoms with Crippen LogP contribution in [0.4, 0.5) is 0 Å². The van der Waals surface area contributed by atoms with E-state index >= 15 is 0 Å². The van der Waals surface area contributed by atoms with E-state index in [0.717, 1.165) is 70.2 Å². The van der Waals surface area contributed by atoms with Crippen molar-refractivity contribution in [2.24, 2.45) is 5.41 Å². The van der Waals surface area contributed by atoms with E-state index in [4.69, 9.17) is 36.0 Å². The van der Waals surface area contributed by atoms with Crippen molar-refractivity contribution < 1.29 is 27.0 Å². The molecule has 2 aromatic heterocycles. The van der Waals surface area contributed by atoms with Gasteiger partial charge >= 0.3 is 0 Å². The van der Waals surface area contributed by atoms with Crippen molar-refractivity contribution in [2.75, 3.05) is 0 Å². The van der Waals surface area contributed by atoms with Crippen LogP contribution in [0.5, 0.6) is 11.5 Å². The Morgan fingerprint density at radius 2 is 1.53 bits per heavy atom. The second-order valence-corrected chi connectivity index (χ2v) is 18.5. The highest BCUT2D eigenvalue weighted by Gasteiger charge is 2.28. The molecule has 6 aromatic carbocycles. The van der Waals surface area contributed by atoms with Crippen molar-refractivity contribution in [2.45, 2.75) is 101 Å². The van der Waals surface area contributed by atoms with Crippen LogP contribution < -0.4 is 4.74 Å². The van der Waals surface area contributed by atoms with Crippen molar-refractivity contribution in [3.63, 3.8) is 0 Å². The molecule has 1 aliphatic carbocycles. The Hall–Kier alpha value is -6.78. The van der Waals surface area contributed by atoms with Gasteiger partial charge in [0, 0.05) is 46.6 Å². The number of hydrogen-bond acceptors (Lipinski definition) is 4. The third kappa shape index (κ3) is 8.82. The average molecular weight is 880 g/mol. The first-order chi connectivity index (χ1) is 36.8. The summed E-state index contributed by atoms with van der Waals surface area (Å²) in [5.41, 5.74) is 9.94. The molecule has 8 aromatic rings. The molecule has 9 rings (SSSR count). The lowest BCUT2D eigenvalue weighted by Crippen LogP contribution is -2.20. The summed E-state index contributed by atoms with van der Waals surface area (Å²) in [4.78, 5) is 4.94. The second-order valence-electron chi connectivity index (χ2n) is 18.5. The van der Waals surface area contributed by atoms with Crippen LogP contribution in [0.2, 0.25) is 0 Å². The second kappa shape index (κ2) is 17.9. The maximum absolute atomic E-state index is 9.39. The predicted octanol–water partition coefficient (Wildman–Crippen LogP) is 18.1. The molecule has 1 aliphatic rings. The van der Waals surface area contributed by atoms with Crippen molar-refractivity contribution >= 4 is 33.7 Å². The number of aromatic nitrogens is 1. The lowest BCUT2D eigenvalue weighted by Gasteiger charge is -2.34. The fourth-order valence-electron chi connectivity index (χ4n) is 9.27. The molecule has 0 spiro atoms. The van der Waals surface area contributed by atoms with Crippen LogP contribution in [0.1, 0.15) is 123 Å². The molecule has 66 heavy (non-hydrogen) atoms. The number of rotatable bonds is 10. The van der Waals surface area contributed by atoms with E-state index in [-0.39, 0.29) is 39.2 Å². The fraction of sp³-hybridized carbons (Fsp3) is 0.258. The molecular formula is C62H62N2O2. The topological polar surface area (TPSA) is 59.1 Å². The first kappa shape index (κ1) is 31.2. The van der Waals surface area contributed by atoms with E-state index in [0.29, 0.717) is 50.5 Å². The Balaban J connectivity index is 1.20. The van der Waals surface area contributed by atoms with Gasteiger partial charge in [0.05, 0.1) is 5.69 Å². The summed E-state index contributed by atoms with van der Waals surface area (Å²) in [5.74, 6) is -0.543. The standard InChI is InChI=1S/C62H62N2O2/c1-37-16-19-53-56-32-50(65-59-31-49(39(3)27-38(2)42(6)35-63)30-55(44(59)8)46-14-12-11-13-15-46)33-57(61(56)66-60(53)26-37)58-34-54(43(7)36-64-58)52-21-18-48(29-41(52)5)51-20-17-47(28-40(51)4)45-22-24-62(9,10)25-23-45/h11-21,26-36,45,63H,22-25H2,1-10H3/b39-27+,42-38-,63-35?/i1D3,2D3,6D3,8D3,45D. The first-order valence-corrected chi connectivity index (χ1v) is 22.4. The summed E-state index contributed by atoms with van der Waals surface area (Å²) in [6, 6.07) is 34.7. The molecule has 2 heterocycles. The van der Waals surface area contributed by atoms with E-state index in [1.807, 2.05) is 13.0 Å². The number of hydrogen-bond donors (Lipinski definition) is 1. The zero-order chi connectivity index (χ0) is 57.4. The average Bonchev–Trinajstić information content (AvgIpc) is 3.77. The Kier molecular flexibility index (Phi) is 8.46. The molecule has 332 valence electrons. The van der Waals surface area contributed by atoms with Gasteiger partial charge in [0.15, 0.2) is 0 Å². The molecule has 0 aliphatic heterocycles. The van der Waals surface area contributed by atoms with Gasteiger partial charge in [-0.2, -0.15) is 0 Å². The largest absolute Gasteiger partial charge is 0.457 e. The van der Waals surface area contributed by atoms with Gasteiger partial charge in [0.2, 0.25) is 0 Å². The van der Waals surface area contributed by atoms with E-state index in [9.17, 15) is 1.37 Å². The Labute approximate surface area is 409 Å². The highest BCUT2D eigenvalue weighted by Crippen LogP contribution is 2.45. The SMILES string of the molecule is [2H]C([2H])([2H])/C(C=N)=C(/C=C(\C)c1cc(Oc2cc(-c3cc(-c4ccc(-c5ccc(C6([2H])CCC(C)(C)CC6)cc5C)cc4C)c(C)cn3)c3oc4cc(C([2H])([2H])[2H])ccc4c3c2)c(C([2H])([2H])[2H])c(-c2ccccc2)c1)C([2H])([2H])[2H]. The summed E-state index contributed by atoms with van der Waals surface area (Å²) >= 11 is 0. The minimum Gasteiger partial charge on any atom is -0.457 e. The van der Waals surface area contributed by atoms with Crippen LogP contribution >= 0.6 is 0 Å². The smallest absolute Gasteiger partial charge is 0.145 e. The van der Waals surface area contributed by atoms with Gasteiger partial charge in [-0.1, -0.05) is 98.8 Å². The van der Waals surface area contributed by atoms with Gasteiger partial charge in [-0.05, 0) is 218 Å². The molecule has 4 heteroatoms. The molecule has 1 fully saturated rings. The van der Waals surface area contributed by atoms with Gasteiger partial charge < -0.3 is 14.6 Å². The Morgan fingerprint density at radius 1 is 0.742 bits per heavy atom. The lowest BCUT2D eigenvalue weighted by atomic mass is 9.71. The summed E-state index contributed by atoms with van der Waals surface area (Å²) in [5, 5.41) is 8.99. The third-order valence-corrected chi connectivity index (χ3v) is 13.3. The fourth-order valence-corrected chi connectivity index (χ4v) is 9.27. The molecule has 0 radical (unpaired) electrons. The van der Waals surface area contributed by atoms with Crippen LogP contribution in [-0.2, 0) is 0 Å². The monoisotopic (exact) mass is 880 g/mol. The van der Waals surface area contributed by atoms with Crippen molar-refractivity contribution in [3.05, 3.63) is 178 Å². The van der Waals surface area contributed by atoms with Gasteiger partial charge in [-0.3, -0.25) is 4.98 Å². The van der Waals surface area contributed by atoms with Crippen LogP contribution in [0.3, 0.4) is 0 Å². The summed E-state index contributed by atoms with van der Waals surface area (Å²) in [6.07, 6.45) is 7.19. The maximum Gasteiger partial charge on any atom is 0.145 e. The Morgan fingerprint density at radius 3 is 2.26 bits per heavy atom. The van der Waals surface area contributed by atoms with Crippen LogP contribution in [-0.4, -0.2) is 11.2 Å². The number of nitrogens with zero attached hydrogens (tertiary/aromatic N) is 1. The number of fused-ring (bicyclic) bond motifs is 3. The number of aryl methyl sites for hydroxylation is 4. The number of allylic oxidation sites excluding steroid dienone is 4. The Bertz CT molecular complexity index is 3750. The molecule has 0 amide bonds. The van der Waals surface area contributed by atoms with E-state index in [1.54, 1.807) is 67.7 Å². The van der Waals surface area contributed by atoms with Crippen molar-refractivity contribution in [3.8, 4) is 56.1 Å². The third-order valence-electron chi connectivity index (χ3n) is 13.3. The number of benzene rings is 6. The van der Waals surface area contributed by atoms with Crippen LogP contribution in [0.15, 0.2) is 143 Å². The lowest BCUT2D eigenvalue weighted by molar-refractivity contribution is 0.224. The predicted molar refractivity (Wildman–Crippen MR) is 279 cm³/mol. The van der Waals surface area contributed by atoms with Crippen LogP contribution in [0.25, 0.3) is 72.1 Å². The highest BCUT2D eigenvalue weighted by atomic mass is 16.5. The molecule has 0 unspecified atom stereocenters. The summed E-state index contributed by atoms with van der Waals surface area (Å²) in [6.45, 7) is 1.22. The minimum atomic E-state index is -2.94. The van der Waals surface area contributed by atoms with Gasteiger partial charge in [-0.15, -0.1) is 0 Å². The van der Waals surface area contributed by atoms with E-state index in [2.05, 4.69) is 64.1 Å². The summed E-state index contributed by atoms with van der Waals surface area (Å²) < 4.78 is 123. The first-order valence-electron chi connectivity index (χ1n) is 28.9. The number of furan rings is 1. The molecule has 1 saturated carbocycles. The minimum absolute atomic E-state index is 0.0747. The molecular weight excluding hydrogens is 805 g/mol. The number of pyridine rings is 1. The zero-order valence-electron chi connectivity index (χ0n) is 51.3. The summed E-state index contributed by atoms with van der Waals surface area (Å²) in [7, 11) is 0. The van der Waals surface area contributed by atoms with E-state index in [1.165, 1.54) is 24.3 Å². The molecule has 1 N–H and O–H groups in total. The highest BCUT2D eigenvalue weighted by molar-refractivity contribution is 6.10. The van der Waals surface area contributed by atoms with Crippen molar-refractivity contribution in [1.29, 1.82) is 5.41 Å². The van der Waals surface area contributed by atoms with Crippen molar-refractivity contribution in [1.82, 2.24) is 4.98 Å². The van der Waals surface area contributed by atoms with Gasteiger partial charge in [0.25, 0.3) is 0 Å². The van der Waals surface area contributed by atoms with Gasteiger partial charge in [0.1, 0.15) is 22.7 Å². The quantitative estimate of drug-likeness (QED) is 0.110. The van der Waals surface area contributed by atoms with Gasteiger partial charge in [-0.25, -0.2) is 0 Å². The molecule has 0 bridgehead atoms. The number of nitrogens with one attached hydrogen (secondary N) is 1. The molecule has 4 nitrogen and oxygen atoms in total. The molecule has 0 saturated heterocycles. The molecule has 0 atom stereocenters. The van der Waals surface area contributed by atoms with E-state index < -0.39 is 44.4 Å². The zero-order valence-corrected chi connectivity index (χ0v) is 38.3. The number of ether oxygens (including phenoxy) is 1.